The highest BCUT2D eigenvalue weighted by Gasteiger charge is 2.44. The molecule has 0 spiro atoms. The Bertz CT molecular complexity index is 300. The zero-order chi connectivity index (χ0) is 11.1. The van der Waals surface area contributed by atoms with Crippen LogP contribution in [0, 0.1) is 5.92 Å². The molecule has 2 fully saturated rings. The Balaban J connectivity index is 2.03. The number of carbonyl (C=O) groups is 2. The van der Waals surface area contributed by atoms with Crippen molar-refractivity contribution in [1.29, 1.82) is 0 Å². The number of β-amino-alcohol motifs (C(OH)–C–C–N with tert-alkyl or cyclic N) is 1. The summed E-state index contributed by atoms with van der Waals surface area (Å²) in [6, 6.07) is 0. The van der Waals surface area contributed by atoms with Crippen molar-refractivity contribution in [1.82, 2.24) is 4.90 Å². The maximum absolute atomic E-state index is 11.7. The first kappa shape index (κ1) is 10.4. The Morgan fingerprint density at radius 2 is 2.00 bits per heavy atom. The van der Waals surface area contributed by atoms with Crippen molar-refractivity contribution in [2.24, 2.45) is 5.92 Å². The van der Waals surface area contributed by atoms with E-state index in [2.05, 4.69) is 0 Å². The zero-order valence-corrected chi connectivity index (χ0v) is 8.48. The van der Waals surface area contributed by atoms with E-state index < -0.39 is 11.6 Å². The van der Waals surface area contributed by atoms with Gasteiger partial charge in [-0.1, -0.05) is 0 Å². The summed E-state index contributed by atoms with van der Waals surface area (Å²) in [6.45, 7) is 0.516. The third kappa shape index (κ3) is 1.97. The summed E-state index contributed by atoms with van der Waals surface area (Å²) >= 11 is 0. The van der Waals surface area contributed by atoms with Gasteiger partial charge < -0.3 is 15.1 Å². The van der Waals surface area contributed by atoms with Crippen molar-refractivity contribution in [2.45, 2.75) is 31.3 Å². The molecule has 0 radical (unpaired) electrons. The summed E-state index contributed by atoms with van der Waals surface area (Å²) in [5.41, 5.74) is -1.73. The van der Waals surface area contributed by atoms with Crippen molar-refractivity contribution in [2.75, 3.05) is 13.1 Å². The third-order valence-electron chi connectivity index (χ3n) is 3.11. The minimum absolute atomic E-state index is 0.00868. The molecule has 1 amide bonds. The molecule has 2 aliphatic rings. The Morgan fingerprint density at radius 1 is 1.33 bits per heavy atom. The number of rotatable bonds is 2. The van der Waals surface area contributed by atoms with Crippen molar-refractivity contribution in [3.63, 3.8) is 0 Å². The Hall–Kier alpha value is -1.10. The molecule has 0 aromatic rings. The van der Waals surface area contributed by atoms with Crippen LogP contribution in [-0.4, -0.2) is 45.7 Å². The van der Waals surface area contributed by atoms with Crippen LogP contribution >= 0.6 is 0 Å². The smallest absolute Gasteiger partial charge is 0.337 e. The maximum atomic E-state index is 11.7. The average molecular weight is 213 g/mol. The molecule has 1 unspecified atom stereocenters. The van der Waals surface area contributed by atoms with E-state index in [0.717, 1.165) is 12.8 Å². The molecule has 0 aromatic heterocycles. The lowest BCUT2D eigenvalue weighted by Crippen LogP contribution is -2.55. The minimum Gasteiger partial charge on any atom is -0.479 e. The van der Waals surface area contributed by atoms with Gasteiger partial charge >= 0.3 is 5.97 Å². The number of aliphatic hydroxyl groups is 1. The van der Waals surface area contributed by atoms with E-state index in [1.54, 1.807) is 0 Å². The predicted molar refractivity (Wildman–Crippen MR) is 51.1 cm³/mol. The van der Waals surface area contributed by atoms with Gasteiger partial charge in [-0.3, -0.25) is 4.79 Å². The number of piperidine rings is 1. The van der Waals surface area contributed by atoms with Crippen molar-refractivity contribution >= 4 is 11.9 Å². The molecule has 0 bridgehead atoms. The Morgan fingerprint density at radius 3 is 2.53 bits per heavy atom. The van der Waals surface area contributed by atoms with Gasteiger partial charge in [0.05, 0.1) is 6.54 Å². The molecule has 2 rings (SSSR count). The van der Waals surface area contributed by atoms with Gasteiger partial charge in [0.15, 0.2) is 5.60 Å². The van der Waals surface area contributed by atoms with Crippen LogP contribution < -0.4 is 0 Å². The highest BCUT2D eigenvalue weighted by atomic mass is 16.4. The summed E-state index contributed by atoms with van der Waals surface area (Å²) < 4.78 is 0. The highest BCUT2D eigenvalue weighted by molar-refractivity contribution is 5.83. The van der Waals surface area contributed by atoms with Crippen LogP contribution in [0.4, 0.5) is 0 Å². The standard InChI is InChI=1S/C10H15NO4/c12-8(7-2-3-7)11-5-1-4-10(15,6-11)9(13)14/h7,15H,1-6H2,(H,13,14). The van der Waals surface area contributed by atoms with Crippen molar-refractivity contribution in [3.8, 4) is 0 Å². The molecule has 15 heavy (non-hydrogen) atoms. The van der Waals surface area contributed by atoms with Gasteiger partial charge in [0.1, 0.15) is 0 Å². The molecule has 5 nitrogen and oxygen atoms in total. The number of carboxylic acids is 1. The number of carbonyl (C=O) groups excluding carboxylic acids is 1. The molecule has 0 aromatic carbocycles. The third-order valence-corrected chi connectivity index (χ3v) is 3.11. The quantitative estimate of drug-likeness (QED) is 0.668. The number of likely N-dealkylation sites (tertiary alicyclic amines) is 1. The molecule has 1 aliphatic heterocycles. The van der Waals surface area contributed by atoms with E-state index in [0.29, 0.717) is 13.0 Å². The van der Waals surface area contributed by atoms with Crippen LogP contribution in [0.1, 0.15) is 25.7 Å². The highest BCUT2D eigenvalue weighted by Crippen LogP contribution is 2.33. The predicted octanol–water partition coefficient (Wildman–Crippen LogP) is -0.166. The van der Waals surface area contributed by atoms with E-state index >= 15 is 0 Å². The molecule has 1 saturated heterocycles. The van der Waals surface area contributed by atoms with Gasteiger partial charge in [-0.2, -0.15) is 0 Å². The average Bonchev–Trinajstić information content (AvgIpc) is 3.00. The first-order valence-corrected chi connectivity index (χ1v) is 5.27. The summed E-state index contributed by atoms with van der Waals surface area (Å²) in [7, 11) is 0. The topological polar surface area (TPSA) is 77.8 Å². The van der Waals surface area contributed by atoms with Crippen LogP contribution in [0.15, 0.2) is 0 Å². The molecular formula is C10H15NO4. The fraction of sp³-hybridized carbons (Fsp3) is 0.800. The number of hydrogen-bond donors (Lipinski definition) is 2. The lowest BCUT2D eigenvalue weighted by atomic mass is 9.93. The second-order valence-electron chi connectivity index (χ2n) is 4.47. The van der Waals surface area contributed by atoms with Gasteiger partial charge in [0.2, 0.25) is 5.91 Å². The van der Waals surface area contributed by atoms with Crippen LogP contribution in [0.3, 0.4) is 0 Å². The molecule has 84 valence electrons. The van der Waals surface area contributed by atoms with E-state index in [1.807, 2.05) is 0 Å². The second kappa shape index (κ2) is 3.48. The number of aliphatic carboxylic acids is 1. The van der Waals surface area contributed by atoms with Crippen LogP contribution in [0.5, 0.6) is 0 Å². The fourth-order valence-electron chi connectivity index (χ4n) is 1.99. The molecular weight excluding hydrogens is 198 g/mol. The summed E-state index contributed by atoms with van der Waals surface area (Å²) in [4.78, 5) is 24.0. The summed E-state index contributed by atoms with van der Waals surface area (Å²) in [5.74, 6) is -1.13. The fourth-order valence-corrected chi connectivity index (χ4v) is 1.99. The molecule has 1 saturated carbocycles. The number of nitrogens with zero attached hydrogens (tertiary/aromatic N) is 1. The van der Waals surface area contributed by atoms with Gasteiger partial charge in [-0.25, -0.2) is 4.79 Å². The number of carboxylic acid groups (broad SMARTS) is 1. The lowest BCUT2D eigenvalue weighted by molar-refractivity contribution is -0.166. The minimum atomic E-state index is -1.73. The van der Waals surface area contributed by atoms with Gasteiger partial charge in [-0.05, 0) is 25.7 Å². The van der Waals surface area contributed by atoms with Crippen molar-refractivity contribution in [3.05, 3.63) is 0 Å². The first-order valence-electron chi connectivity index (χ1n) is 5.27. The summed E-state index contributed by atoms with van der Waals surface area (Å²) in [6.07, 6.45) is 2.60. The normalized spacial score (nSPS) is 31.4. The summed E-state index contributed by atoms with van der Waals surface area (Å²) in [5, 5.41) is 18.6. The van der Waals surface area contributed by atoms with Crippen LogP contribution in [0.25, 0.3) is 0 Å². The van der Waals surface area contributed by atoms with Crippen LogP contribution in [-0.2, 0) is 9.59 Å². The van der Waals surface area contributed by atoms with Crippen molar-refractivity contribution < 1.29 is 19.8 Å². The Kier molecular flexibility index (Phi) is 2.42. The van der Waals surface area contributed by atoms with Crippen LogP contribution in [0.2, 0.25) is 0 Å². The largest absolute Gasteiger partial charge is 0.479 e. The maximum Gasteiger partial charge on any atom is 0.337 e. The van der Waals surface area contributed by atoms with E-state index in [9.17, 15) is 14.7 Å². The van der Waals surface area contributed by atoms with Gasteiger partial charge in [0, 0.05) is 12.5 Å². The molecule has 1 heterocycles. The van der Waals surface area contributed by atoms with E-state index in [1.165, 1.54) is 4.90 Å². The lowest BCUT2D eigenvalue weighted by Gasteiger charge is -2.36. The monoisotopic (exact) mass is 213 g/mol. The van der Waals surface area contributed by atoms with Gasteiger partial charge in [0.25, 0.3) is 0 Å². The first-order chi connectivity index (χ1) is 7.03. The molecule has 1 atom stereocenters. The van der Waals surface area contributed by atoms with Gasteiger partial charge in [-0.15, -0.1) is 0 Å². The Labute approximate surface area is 87.7 Å². The number of amides is 1. The molecule has 2 N–H and O–H groups in total. The molecule has 1 aliphatic carbocycles. The second-order valence-corrected chi connectivity index (χ2v) is 4.47. The SMILES string of the molecule is O=C(C1CC1)N1CCCC(O)(C(=O)O)C1. The van der Waals surface area contributed by atoms with E-state index in [4.69, 9.17) is 5.11 Å². The molecule has 5 heteroatoms. The zero-order valence-electron chi connectivity index (χ0n) is 8.48. The van der Waals surface area contributed by atoms with E-state index in [-0.39, 0.29) is 24.8 Å². The number of hydrogen-bond acceptors (Lipinski definition) is 3.